The van der Waals surface area contributed by atoms with E-state index in [2.05, 4.69) is 20.4 Å². The van der Waals surface area contributed by atoms with Crippen molar-refractivity contribution in [3.8, 4) is 5.75 Å². The van der Waals surface area contributed by atoms with Gasteiger partial charge in [-0.05, 0) is 11.6 Å². The van der Waals surface area contributed by atoms with Crippen LogP contribution in [0.1, 0.15) is 27.3 Å². The van der Waals surface area contributed by atoms with E-state index in [-0.39, 0.29) is 5.56 Å². The molecule has 3 N–H and O–H groups in total. The number of carbonyl (C=O) groups is 1. The van der Waals surface area contributed by atoms with Gasteiger partial charge in [-0.3, -0.25) is 9.48 Å². The maximum Gasteiger partial charge on any atom is 0.254 e. The molecule has 0 saturated heterocycles. The zero-order valence-corrected chi connectivity index (χ0v) is 14.6. The molecule has 0 aliphatic heterocycles. The first kappa shape index (κ1) is 17.4. The lowest BCUT2D eigenvalue weighted by Gasteiger charge is -2.12. The monoisotopic (exact) mass is 352 g/mol. The number of nitrogens with two attached hydrogens (primary N) is 1. The van der Waals surface area contributed by atoms with Crippen LogP contribution in [0.4, 0.5) is 5.82 Å². The Balaban J connectivity index is 1.83. The fourth-order valence-corrected chi connectivity index (χ4v) is 2.59. The van der Waals surface area contributed by atoms with E-state index in [1.807, 2.05) is 37.5 Å². The Morgan fingerprint density at radius 1 is 1.31 bits per heavy atom. The number of aryl methyl sites for hydroxylation is 1. The first-order valence-electron chi connectivity index (χ1n) is 8.06. The number of benzene rings is 1. The highest BCUT2D eigenvalue weighted by molar-refractivity contribution is 5.97. The molecule has 0 atom stereocenters. The third-order valence-corrected chi connectivity index (χ3v) is 3.86. The molecule has 3 aromatic rings. The minimum Gasteiger partial charge on any atom is -0.496 e. The number of aromatic nitrogens is 4. The van der Waals surface area contributed by atoms with Gasteiger partial charge >= 0.3 is 0 Å². The number of para-hydroxylation sites is 1. The van der Waals surface area contributed by atoms with Crippen LogP contribution in [0, 0.1) is 0 Å². The van der Waals surface area contributed by atoms with Gasteiger partial charge in [-0.1, -0.05) is 18.2 Å². The molecule has 1 amide bonds. The second-order valence-corrected chi connectivity index (χ2v) is 5.78. The molecule has 0 bridgehead atoms. The smallest absolute Gasteiger partial charge is 0.254 e. The van der Waals surface area contributed by atoms with Crippen LogP contribution in [0.3, 0.4) is 0 Å². The minimum absolute atomic E-state index is 0.245. The number of methoxy groups -OCH3 is 1. The SMILES string of the molecule is COc1ccccc1CNc1nc(Cc2cnn(C)c2)ncc1C(N)=O. The van der Waals surface area contributed by atoms with Crippen molar-refractivity contribution in [1.82, 2.24) is 19.7 Å². The summed E-state index contributed by atoms with van der Waals surface area (Å²) in [5.41, 5.74) is 7.62. The molecule has 0 aliphatic rings. The number of primary amides is 1. The Hall–Kier alpha value is -3.42. The van der Waals surface area contributed by atoms with Gasteiger partial charge < -0.3 is 15.8 Å². The largest absolute Gasteiger partial charge is 0.496 e. The Morgan fingerprint density at radius 3 is 2.81 bits per heavy atom. The molecular formula is C18H20N6O2. The van der Waals surface area contributed by atoms with Gasteiger partial charge in [0.15, 0.2) is 0 Å². The predicted octanol–water partition coefficient (Wildman–Crippen LogP) is 1.52. The summed E-state index contributed by atoms with van der Waals surface area (Å²) in [6, 6.07) is 7.63. The lowest BCUT2D eigenvalue weighted by molar-refractivity contribution is 0.100. The number of amides is 1. The van der Waals surface area contributed by atoms with E-state index in [0.717, 1.165) is 16.9 Å². The van der Waals surface area contributed by atoms with E-state index in [1.54, 1.807) is 18.0 Å². The normalized spacial score (nSPS) is 10.5. The standard InChI is InChI=1S/C18H20N6O2/c1-24-11-12(8-22-24)7-16-20-10-14(17(19)25)18(23-16)21-9-13-5-3-4-6-15(13)26-2/h3-6,8,10-11H,7,9H2,1-2H3,(H2,19,25)(H,20,21,23). The molecule has 0 fully saturated rings. The maximum absolute atomic E-state index is 11.7. The first-order valence-corrected chi connectivity index (χ1v) is 8.06. The zero-order valence-electron chi connectivity index (χ0n) is 14.6. The predicted molar refractivity (Wildman–Crippen MR) is 96.9 cm³/mol. The van der Waals surface area contributed by atoms with Crippen molar-refractivity contribution in [3.05, 3.63) is 65.4 Å². The Bertz CT molecular complexity index is 922. The van der Waals surface area contributed by atoms with E-state index in [0.29, 0.717) is 24.6 Å². The van der Waals surface area contributed by atoms with Crippen LogP contribution in [0.5, 0.6) is 5.75 Å². The van der Waals surface area contributed by atoms with Crippen molar-refractivity contribution in [2.45, 2.75) is 13.0 Å². The van der Waals surface area contributed by atoms with Crippen LogP contribution < -0.4 is 15.8 Å². The van der Waals surface area contributed by atoms with Gasteiger partial charge in [-0.2, -0.15) is 5.10 Å². The maximum atomic E-state index is 11.7. The molecule has 0 unspecified atom stereocenters. The molecule has 1 aromatic carbocycles. The van der Waals surface area contributed by atoms with Crippen molar-refractivity contribution in [2.75, 3.05) is 12.4 Å². The van der Waals surface area contributed by atoms with Gasteiger partial charge in [0, 0.05) is 38.0 Å². The summed E-state index contributed by atoms with van der Waals surface area (Å²) < 4.78 is 7.06. The van der Waals surface area contributed by atoms with E-state index >= 15 is 0 Å². The van der Waals surface area contributed by atoms with Crippen LogP contribution in [0.25, 0.3) is 0 Å². The highest BCUT2D eigenvalue weighted by Crippen LogP contribution is 2.20. The van der Waals surface area contributed by atoms with E-state index in [4.69, 9.17) is 10.5 Å². The van der Waals surface area contributed by atoms with Crippen LogP contribution >= 0.6 is 0 Å². The van der Waals surface area contributed by atoms with E-state index in [1.165, 1.54) is 6.20 Å². The Kier molecular flexibility index (Phi) is 5.12. The average molecular weight is 352 g/mol. The van der Waals surface area contributed by atoms with Gasteiger partial charge in [0.2, 0.25) is 0 Å². The number of hydrogen-bond acceptors (Lipinski definition) is 6. The molecule has 26 heavy (non-hydrogen) atoms. The molecule has 0 spiro atoms. The van der Waals surface area contributed by atoms with Crippen molar-refractivity contribution in [2.24, 2.45) is 12.8 Å². The highest BCUT2D eigenvalue weighted by atomic mass is 16.5. The van der Waals surface area contributed by atoms with E-state index < -0.39 is 5.91 Å². The van der Waals surface area contributed by atoms with Crippen molar-refractivity contribution in [1.29, 1.82) is 0 Å². The van der Waals surface area contributed by atoms with Gasteiger partial charge in [0.1, 0.15) is 17.4 Å². The number of carbonyl (C=O) groups excluding carboxylic acids is 1. The Labute approximate surface area is 151 Å². The molecule has 0 aliphatic carbocycles. The number of nitrogens with zero attached hydrogens (tertiary/aromatic N) is 4. The summed E-state index contributed by atoms with van der Waals surface area (Å²) in [5.74, 6) is 1.15. The van der Waals surface area contributed by atoms with Gasteiger partial charge in [0.25, 0.3) is 5.91 Å². The summed E-state index contributed by atoms with van der Waals surface area (Å²) in [4.78, 5) is 20.4. The van der Waals surface area contributed by atoms with E-state index in [9.17, 15) is 4.79 Å². The summed E-state index contributed by atoms with van der Waals surface area (Å²) in [6.45, 7) is 0.438. The van der Waals surface area contributed by atoms with Crippen molar-refractivity contribution >= 4 is 11.7 Å². The third kappa shape index (κ3) is 3.97. The summed E-state index contributed by atoms with van der Waals surface area (Å²) >= 11 is 0. The van der Waals surface area contributed by atoms with Gasteiger partial charge in [0.05, 0.1) is 18.9 Å². The second kappa shape index (κ2) is 7.64. The molecule has 8 nitrogen and oxygen atoms in total. The highest BCUT2D eigenvalue weighted by Gasteiger charge is 2.13. The number of nitrogens with one attached hydrogen (secondary N) is 1. The molecule has 8 heteroatoms. The summed E-state index contributed by atoms with van der Waals surface area (Å²) in [7, 11) is 3.46. The third-order valence-electron chi connectivity index (χ3n) is 3.86. The Morgan fingerprint density at radius 2 is 2.12 bits per heavy atom. The molecule has 2 heterocycles. The molecule has 0 radical (unpaired) electrons. The molecule has 2 aromatic heterocycles. The summed E-state index contributed by atoms with van der Waals surface area (Å²) in [5, 5.41) is 7.30. The number of ether oxygens (including phenoxy) is 1. The number of anilines is 1. The molecule has 134 valence electrons. The fraction of sp³-hybridized carbons (Fsp3) is 0.222. The lowest BCUT2D eigenvalue weighted by atomic mass is 10.2. The van der Waals surface area contributed by atoms with Crippen molar-refractivity contribution in [3.63, 3.8) is 0 Å². The van der Waals surface area contributed by atoms with Crippen LogP contribution in [0.15, 0.2) is 42.9 Å². The molecule has 0 saturated carbocycles. The number of hydrogen-bond donors (Lipinski definition) is 2. The average Bonchev–Trinajstić information content (AvgIpc) is 3.04. The lowest BCUT2D eigenvalue weighted by Crippen LogP contribution is -2.17. The van der Waals surface area contributed by atoms with Crippen molar-refractivity contribution < 1.29 is 9.53 Å². The zero-order chi connectivity index (χ0) is 18.5. The fourth-order valence-electron chi connectivity index (χ4n) is 2.59. The second-order valence-electron chi connectivity index (χ2n) is 5.78. The topological polar surface area (TPSA) is 108 Å². The first-order chi connectivity index (χ1) is 12.6. The van der Waals surface area contributed by atoms with Crippen LogP contribution in [-0.2, 0) is 20.0 Å². The molecular weight excluding hydrogens is 332 g/mol. The quantitative estimate of drug-likeness (QED) is 0.667. The minimum atomic E-state index is -0.583. The van der Waals surface area contributed by atoms with Gasteiger partial charge in [-0.25, -0.2) is 9.97 Å². The number of rotatable bonds is 7. The molecule has 3 rings (SSSR count). The van der Waals surface area contributed by atoms with Crippen LogP contribution in [0.2, 0.25) is 0 Å². The summed E-state index contributed by atoms with van der Waals surface area (Å²) in [6.07, 6.45) is 5.61. The van der Waals surface area contributed by atoms with Crippen LogP contribution in [-0.4, -0.2) is 32.8 Å². The van der Waals surface area contributed by atoms with Gasteiger partial charge in [-0.15, -0.1) is 0 Å².